The Kier molecular flexibility index (Phi) is 6.75. The van der Waals surface area contributed by atoms with E-state index in [1.165, 1.54) is 6.07 Å². The normalized spacial score (nSPS) is 16.3. The molecule has 5 rings (SSSR count). The van der Waals surface area contributed by atoms with E-state index in [2.05, 4.69) is 25.2 Å². The molecule has 0 saturated carbocycles. The highest BCUT2D eigenvalue weighted by Crippen LogP contribution is 2.30. The number of aromatic nitrogens is 3. The van der Waals surface area contributed by atoms with Gasteiger partial charge in [0.1, 0.15) is 23.6 Å². The third-order valence-electron chi connectivity index (χ3n) is 6.70. The van der Waals surface area contributed by atoms with Gasteiger partial charge in [-0.15, -0.1) is 0 Å². The number of halogens is 2. The molecule has 0 bridgehead atoms. The number of hydrogen-bond donors (Lipinski definition) is 3. The fourth-order valence-corrected chi connectivity index (χ4v) is 4.98. The number of nitrogens with one attached hydrogen (secondary N) is 2. The Labute approximate surface area is 212 Å². The van der Waals surface area contributed by atoms with Crippen molar-refractivity contribution in [1.29, 1.82) is 0 Å². The average molecular weight is 509 g/mol. The van der Waals surface area contributed by atoms with E-state index < -0.39 is 17.8 Å². The molecule has 1 fully saturated rings. The summed E-state index contributed by atoms with van der Waals surface area (Å²) in [5.74, 6) is -0.119. The second kappa shape index (κ2) is 10.1. The first-order valence-corrected chi connectivity index (χ1v) is 12.1. The molecule has 3 heterocycles. The van der Waals surface area contributed by atoms with Crippen LogP contribution < -0.4 is 15.1 Å². The number of fused-ring (bicyclic) bond motifs is 1. The lowest BCUT2D eigenvalue weighted by Gasteiger charge is -2.28. The number of nitrogens with zero attached hydrogens (tertiary/aromatic N) is 4. The fourth-order valence-electron chi connectivity index (χ4n) is 4.71. The summed E-state index contributed by atoms with van der Waals surface area (Å²) >= 11 is 6.20. The van der Waals surface area contributed by atoms with Crippen LogP contribution in [-0.4, -0.2) is 58.8 Å². The lowest BCUT2D eigenvalue weighted by atomic mass is 10.1. The third kappa shape index (κ3) is 4.59. The molecule has 2 atom stereocenters. The predicted molar refractivity (Wildman–Crippen MR) is 138 cm³/mol. The van der Waals surface area contributed by atoms with Crippen molar-refractivity contribution in [2.75, 3.05) is 36.5 Å². The average Bonchev–Trinajstić information content (AvgIpc) is 3.57. The molecule has 1 amide bonds. The van der Waals surface area contributed by atoms with Gasteiger partial charge in [-0.2, -0.15) is 0 Å². The summed E-state index contributed by atoms with van der Waals surface area (Å²) in [6.45, 7) is 1.14. The summed E-state index contributed by atoms with van der Waals surface area (Å²) in [6, 6.07) is 12.7. The van der Waals surface area contributed by atoms with Crippen molar-refractivity contribution in [3.05, 3.63) is 83.0 Å². The van der Waals surface area contributed by atoms with Gasteiger partial charge >= 0.3 is 0 Å². The van der Waals surface area contributed by atoms with Crippen LogP contribution in [0.1, 0.15) is 28.4 Å². The Balaban J connectivity index is 1.28. The van der Waals surface area contributed by atoms with Crippen LogP contribution in [0.3, 0.4) is 0 Å². The molecular formula is C26H26ClFN6O2. The summed E-state index contributed by atoms with van der Waals surface area (Å²) in [5, 5.41) is 13.9. The summed E-state index contributed by atoms with van der Waals surface area (Å²) in [6.07, 6.45) is 4.22. The van der Waals surface area contributed by atoms with Gasteiger partial charge in [0, 0.05) is 43.0 Å². The minimum Gasteiger partial charge on any atom is -0.394 e. The number of benzene rings is 2. The highest BCUT2D eigenvalue weighted by atomic mass is 35.5. The number of likely N-dealkylation sites (N-methyl/N-ethyl adjacent to an activating group) is 1. The number of hydrogen-bond acceptors (Lipinski definition) is 6. The number of carbonyl (C=O) groups is 1. The van der Waals surface area contributed by atoms with Crippen molar-refractivity contribution in [3.63, 3.8) is 0 Å². The van der Waals surface area contributed by atoms with E-state index in [0.29, 0.717) is 22.8 Å². The Morgan fingerprint density at radius 1 is 1.31 bits per heavy atom. The Hall–Kier alpha value is -3.69. The van der Waals surface area contributed by atoms with E-state index in [1.54, 1.807) is 42.7 Å². The van der Waals surface area contributed by atoms with Crippen LogP contribution in [0.15, 0.2) is 61.1 Å². The highest BCUT2D eigenvalue weighted by Gasteiger charge is 2.29. The molecule has 1 aliphatic heterocycles. The van der Waals surface area contributed by atoms with Crippen molar-refractivity contribution in [2.45, 2.75) is 18.5 Å². The topological polar surface area (TPSA) is 97.4 Å². The van der Waals surface area contributed by atoms with Crippen LogP contribution in [0.4, 0.5) is 15.9 Å². The second-order valence-corrected chi connectivity index (χ2v) is 9.24. The molecule has 0 spiro atoms. The summed E-state index contributed by atoms with van der Waals surface area (Å²) in [7, 11) is 1.86. The second-order valence-electron chi connectivity index (χ2n) is 8.83. The molecule has 8 nitrogen and oxygen atoms in total. The molecule has 186 valence electrons. The van der Waals surface area contributed by atoms with Gasteiger partial charge in [0.25, 0.3) is 5.91 Å². The zero-order chi connectivity index (χ0) is 25.2. The minimum atomic E-state index is -0.700. The van der Waals surface area contributed by atoms with Gasteiger partial charge in [-0.1, -0.05) is 29.8 Å². The molecule has 2 unspecified atom stereocenters. The number of carbonyl (C=O) groups excluding carboxylic acids is 1. The number of rotatable bonds is 7. The molecule has 0 aliphatic carbocycles. The lowest BCUT2D eigenvalue weighted by Crippen LogP contribution is -2.35. The molecule has 1 aliphatic rings. The highest BCUT2D eigenvalue weighted by molar-refractivity contribution is 6.31. The monoisotopic (exact) mass is 508 g/mol. The van der Waals surface area contributed by atoms with Crippen LogP contribution in [0.5, 0.6) is 0 Å². The Bertz CT molecular complexity index is 1400. The molecule has 2 aromatic heterocycles. The largest absolute Gasteiger partial charge is 0.394 e. The number of H-pyrrole nitrogens is 1. The standard InChI is InChI=1S/C26H26ClFN6O2/c1-33(17-9-11-34(13-17)25-19-8-10-29-24(19)30-15-31-25)23-7-6-16(12-21(23)28)26(36)32-22(14-35)18-4-2-3-5-20(18)27/h2-8,10,12,15,17,22,35H,9,11,13-14H2,1H3,(H,32,36)(H,29,30,31). The van der Waals surface area contributed by atoms with E-state index in [1.807, 2.05) is 24.2 Å². The zero-order valence-electron chi connectivity index (χ0n) is 19.7. The quantitative estimate of drug-likeness (QED) is 0.350. The van der Waals surface area contributed by atoms with E-state index in [9.17, 15) is 9.90 Å². The predicted octanol–water partition coefficient (Wildman–Crippen LogP) is 3.93. The third-order valence-corrected chi connectivity index (χ3v) is 7.05. The molecule has 36 heavy (non-hydrogen) atoms. The van der Waals surface area contributed by atoms with Crippen LogP contribution in [0, 0.1) is 5.82 Å². The number of anilines is 2. The van der Waals surface area contributed by atoms with Gasteiger partial charge in [0.05, 0.1) is 23.7 Å². The van der Waals surface area contributed by atoms with Crippen molar-refractivity contribution >= 4 is 40.0 Å². The SMILES string of the molecule is CN(c1ccc(C(=O)NC(CO)c2ccccc2Cl)cc1F)C1CCN(c2ncnc3[nH]ccc23)C1. The van der Waals surface area contributed by atoms with E-state index in [-0.39, 0.29) is 18.2 Å². The van der Waals surface area contributed by atoms with E-state index >= 15 is 4.39 Å². The lowest BCUT2D eigenvalue weighted by molar-refractivity contribution is 0.0916. The summed E-state index contributed by atoms with van der Waals surface area (Å²) in [4.78, 5) is 28.7. The maximum absolute atomic E-state index is 15.2. The van der Waals surface area contributed by atoms with E-state index in [4.69, 9.17) is 11.6 Å². The van der Waals surface area contributed by atoms with E-state index in [0.717, 1.165) is 29.8 Å². The number of amides is 1. The van der Waals surface area contributed by atoms with Crippen LogP contribution >= 0.6 is 11.6 Å². The summed E-state index contributed by atoms with van der Waals surface area (Å²) < 4.78 is 15.2. The number of aliphatic hydroxyl groups excluding tert-OH is 1. The zero-order valence-corrected chi connectivity index (χ0v) is 20.4. The van der Waals surface area contributed by atoms with Crippen LogP contribution in [0.2, 0.25) is 5.02 Å². The van der Waals surface area contributed by atoms with Gasteiger partial charge in [-0.3, -0.25) is 4.79 Å². The molecule has 0 radical (unpaired) electrons. The van der Waals surface area contributed by atoms with Gasteiger partial charge in [0.2, 0.25) is 0 Å². The molecule has 1 saturated heterocycles. The maximum Gasteiger partial charge on any atom is 0.251 e. The minimum absolute atomic E-state index is 0.0714. The number of aromatic amines is 1. The Morgan fingerprint density at radius 2 is 2.14 bits per heavy atom. The van der Waals surface area contributed by atoms with Crippen LogP contribution in [-0.2, 0) is 0 Å². The Morgan fingerprint density at radius 3 is 2.92 bits per heavy atom. The first-order valence-electron chi connectivity index (χ1n) is 11.7. The first kappa shape index (κ1) is 24.0. The van der Waals surface area contributed by atoms with Crippen molar-refractivity contribution in [1.82, 2.24) is 20.3 Å². The molecule has 4 aromatic rings. The summed E-state index contributed by atoms with van der Waals surface area (Å²) in [5.41, 5.74) is 1.96. The molecular weight excluding hydrogens is 483 g/mol. The fraction of sp³-hybridized carbons (Fsp3) is 0.269. The molecule has 3 N–H and O–H groups in total. The van der Waals surface area contributed by atoms with Gasteiger partial charge in [-0.25, -0.2) is 14.4 Å². The smallest absolute Gasteiger partial charge is 0.251 e. The van der Waals surface area contributed by atoms with Crippen molar-refractivity contribution in [3.8, 4) is 0 Å². The number of aliphatic hydroxyl groups is 1. The van der Waals surface area contributed by atoms with Crippen molar-refractivity contribution in [2.24, 2.45) is 0 Å². The van der Waals surface area contributed by atoms with Crippen molar-refractivity contribution < 1.29 is 14.3 Å². The van der Waals surface area contributed by atoms with Gasteiger partial charge in [-0.05, 0) is 42.3 Å². The van der Waals surface area contributed by atoms with Crippen LogP contribution in [0.25, 0.3) is 11.0 Å². The first-order chi connectivity index (χ1) is 17.5. The van der Waals surface area contributed by atoms with Gasteiger partial charge < -0.3 is 25.2 Å². The van der Waals surface area contributed by atoms with Gasteiger partial charge in [0.15, 0.2) is 0 Å². The molecule has 10 heteroatoms. The molecule has 2 aromatic carbocycles. The maximum atomic E-state index is 15.2.